The number of rotatable bonds is 2. The first-order valence-electron chi connectivity index (χ1n) is 7.00. The van der Waals surface area contributed by atoms with Crippen LogP contribution in [-0.4, -0.2) is 30.4 Å². The van der Waals surface area contributed by atoms with E-state index in [-0.39, 0.29) is 11.9 Å². The summed E-state index contributed by atoms with van der Waals surface area (Å²) < 4.78 is 5.52. The molecule has 2 atom stereocenters. The molecule has 3 rings (SSSR count). The Labute approximate surface area is 113 Å². The lowest BCUT2D eigenvalue weighted by atomic mass is 9.99. The van der Waals surface area contributed by atoms with Crippen molar-refractivity contribution in [2.75, 3.05) is 13.6 Å². The molecular weight excluding hydrogens is 240 g/mol. The Morgan fingerprint density at radius 3 is 3.05 bits per heavy atom. The van der Waals surface area contributed by atoms with Crippen molar-refractivity contribution in [2.24, 2.45) is 0 Å². The van der Waals surface area contributed by atoms with Gasteiger partial charge < -0.3 is 14.6 Å². The first-order chi connectivity index (χ1) is 9.31. The van der Waals surface area contributed by atoms with Crippen LogP contribution in [0.3, 0.4) is 0 Å². The Hall–Kier alpha value is -1.55. The lowest BCUT2D eigenvalue weighted by molar-refractivity contribution is -0.136. The van der Waals surface area contributed by atoms with Crippen LogP contribution < -0.4 is 5.32 Å². The monoisotopic (exact) mass is 260 g/mol. The van der Waals surface area contributed by atoms with E-state index in [1.54, 1.807) is 6.26 Å². The van der Waals surface area contributed by atoms with Crippen molar-refractivity contribution in [1.82, 2.24) is 10.2 Å². The van der Waals surface area contributed by atoms with Crippen LogP contribution in [0.25, 0.3) is 0 Å². The van der Waals surface area contributed by atoms with Crippen LogP contribution in [-0.2, 0) is 11.2 Å². The van der Waals surface area contributed by atoms with Gasteiger partial charge in [-0.1, -0.05) is 12.2 Å². The van der Waals surface area contributed by atoms with Gasteiger partial charge in [0.1, 0.15) is 11.8 Å². The van der Waals surface area contributed by atoms with Crippen molar-refractivity contribution in [1.29, 1.82) is 0 Å². The van der Waals surface area contributed by atoms with E-state index < -0.39 is 0 Å². The second-order valence-electron chi connectivity index (χ2n) is 5.25. The molecule has 0 saturated heterocycles. The minimum Gasteiger partial charge on any atom is -0.467 e. The predicted molar refractivity (Wildman–Crippen MR) is 72.7 cm³/mol. The summed E-state index contributed by atoms with van der Waals surface area (Å²) in [4.78, 5) is 14.8. The fraction of sp³-hybridized carbons (Fsp3) is 0.533. The van der Waals surface area contributed by atoms with Gasteiger partial charge in [-0.15, -0.1) is 0 Å². The predicted octanol–water partition coefficient (Wildman–Crippen LogP) is 2.03. The Morgan fingerprint density at radius 1 is 1.42 bits per heavy atom. The largest absolute Gasteiger partial charge is 0.467 e. The van der Waals surface area contributed by atoms with Gasteiger partial charge in [-0.3, -0.25) is 4.79 Å². The van der Waals surface area contributed by atoms with E-state index in [0.717, 1.165) is 43.6 Å². The molecule has 19 heavy (non-hydrogen) atoms. The number of carbonyl (C=O) groups excluding carboxylic acids is 1. The molecule has 0 aromatic carbocycles. The molecule has 2 aliphatic rings. The maximum Gasteiger partial charge on any atom is 0.247 e. The third-order valence-electron chi connectivity index (χ3n) is 4.17. The van der Waals surface area contributed by atoms with E-state index in [0.29, 0.717) is 6.04 Å². The smallest absolute Gasteiger partial charge is 0.247 e. The molecule has 1 aromatic rings. The van der Waals surface area contributed by atoms with Crippen molar-refractivity contribution in [3.8, 4) is 0 Å². The molecule has 0 spiro atoms. The standard InChI is InChI=1S/C15H20N2O2/c1-16-13-14-11(8-10-19-14)7-9-17(15(13)18)12-5-3-2-4-6-12/h2-3,8,10,12-13,16H,4-7,9H2,1H3. The SMILES string of the molecule is CNC1C(=O)N(C2CC=CCC2)CCc2ccoc21. The number of allylic oxidation sites excluding steroid dienone is 1. The van der Waals surface area contributed by atoms with Crippen molar-refractivity contribution in [3.63, 3.8) is 0 Å². The van der Waals surface area contributed by atoms with Crippen molar-refractivity contribution >= 4 is 5.91 Å². The van der Waals surface area contributed by atoms with Crippen molar-refractivity contribution in [3.05, 3.63) is 35.8 Å². The summed E-state index contributed by atoms with van der Waals surface area (Å²) in [7, 11) is 1.82. The molecule has 1 aliphatic heterocycles. The molecule has 1 aliphatic carbocycles. The normalized spacial score (nSPS) is 27.2. The first kappa shape index (κ1) is 12.5. The molecule has 4 nitrogen and oxygen atoms in total. The fourth-order valence-electron chi connectivity index (χ4n) is 3.11. The maximum atomic E-state index is 12.7. The number of nitrogens with zero attached hydrogens (tertiary/aromatic N) is 1. The molecule has 0 bridgehead atoms. The Kier molecular flexibility index (Phi) is 3.42. The molecular formula is C15H20N2O2. The Balaban J connectivity index is 1.87. The number of fused-ring (bicyclic) bond motifs is 1. The summed E-state index contributed by atoms with van der Waals surface area (Å²) in [5.41, 5.74) is 1.15. The Morgan fingerprint density at radius 2 is 2.32 bits per heavy atom. The summed E-state index contributed by atoms with van der Waals surface area (Å²) in [5, 5.41) is 3.10. The van der Waals surface area contributed by atoms with Crippen molar-refractivity contribution in [2.45, 2.75) is 37.8 Å². The van der Waals surface area contributed by atoms with Gasteiger partial charge in [-0.05, 0) is 44.4 Å². The zero-order valence-corrected chi connectivity index (χ0v) is 11.3. The third kappa shape index (κ3) is 2.21. The molecule has 0 radical (unpaired) electrons. The molecule has 1 N–H and O–H groups in total. The zero-order valence-electron chi connectivity index (χ0n) is 11.3. The highest BCUT2D eigenvalue weighted by Crippen LogP contribution is 2.29. The van der Waals surface area contributed by atoms with Crippen LogP contribution in [0.15, 0.2) is 28.9 Å². The van der Waals surface area contributed by atoms with Gasteiger partial charge >= 0.3 is 0 Å². The number of likely N-dealkylation sites (N-methyl/N-ethyl adjacent to an activating group) is 1. The van der Waals surface area contributed by atoms with Gasteiger partial charge in [0.05, 0.1) is 6.26 Å². The number of amides is 1. The molecule has 2 heterocycles. The van der Waals surface area contributed by atoms with Crippen LogP contribution in [0.4, 0.5) is 0 Å². The van der Waals surface area contributed by atoms with E-state index >= 15 is 0 Å². The highest BCUT2D eigenvalue weighted by Gasteiger charge is 2.35. The molecule has 2 unspecified atom stereocenters. The fourth-order valence-corrected chi connectivity index (χ4v) is 3.11. The van der Waals surface area contributed by atoms with E-state index in [4.69, 9.17) is 4.42 Å². The van der Waals surface area contributed by atoms with Crippen LogP contribution in [0.1, 0.15) is 36.6 Å². The van der Waals surface area contributed by atoms with Crippen LogP contribution in [0, 0.1) is 0 Å². The number of furan rings is 1. The van der Waals surface area contributed by atoms with Gasteiger partial charge in [0.15, 0.2) is 0 Å². The van der Waals surface area contributed by atoms with Crippen LogP contribution >= 0.6 is 0 Å². The lowest BCUT2D eigenvalue weighted by Gasteiger charge is -2.33. The summed E-state index contributed by atoms with van der Waals surface area (Å²) in [6.45, 7) is 0.794. The summed E-state index contributed by atoms with van der Waals surface area (Å²) in [6, 6.07) is 1.99. The average Bonchev–Trinajstić information content (AvgIpc) is 2.85. The summed E-state index contributed by atoms with van der Waals surface area (Å²) in [5.74, 6) is 0.942. The van der Waals surface area contributed by atoms with E-state index in [1.807, 2.05) is 18.0 Å². The van der Waals surface area contributed by atoms with E-state index in [9.17, 15) is 4.79 Å². The van der Waals surface area contributed by atoms with Gasteiger partial charge in [-0.2, -0.15) is 0 Å². The number of nitrogens with one attached hydrogen (secondary N) is 1. The molecule has 1 amide bonds. The molecule has 0 fully saturated rings. The van der Waals surface area contributed by atoms with Gasteiger partial charge in [0.25, 0.3) is 0 Å². The Bertz CT molecular complexity index is 492. The van der Waals surface area contributed by atoms with Crippen LogP contribution in [0.2, 0.25) is 0 Å². The second kappa shape index (κ2) is 5.21. The topological polar surface area (TPSA) is 45.5 Å². The minimum atomic E-state index is -0.335. The van der Waals surface area contributed by atoms with E-state index in [1.165, 1.54) is 0 Å². The number of hydrogen-bond donors (Lipinski definition) is 1. The third-order valence-corrected chi connectivity index (χ3v) is 4.17. The van der Waals surface area contributed by atoms with Gasteiger partial charge in [-0.25, -0.2) is 0 Å². The second-order valence-corrected chi connectivity index (χ2v) is 5.25. The highest BCUT2D eigenvalue weighted by atomic mass is 16.3. The summed E-state index contributed by atoms with van der Waals surface area (Å²) >= 11 is 0. The quantitative estimate of drug-likeness (QED) is 0.828. The minimum absolute atomic E-state index is 0.150. The molecule has 1 aromatic heterocycles. The van der Waals surface area contributed by atoms with Crippen LogP contribution in [0.5, 0.6) is 0 Å². The number of carbonyl (C=O) groups is 1. The van der Waals surface area contributed by atoms with Gasteiger partial charge in [0, 0.05) is 12.6 Å². The number of hydrogen-bond acceptors (Lipinski definition) is 3. The van der Waals surface area contributed by atoms with Gasteiger partial charge in [0.2, 0.25) is 5.91 Å². The van der Waals surface area contributed by atoms with Crippen molar-refractivity contribution < 1.29 is 9.21 Å². The first-order valence-corrected chi connectivity index (χ1v) is 7.00. The lowest BCUT2D eigenvalue weighted by Crippen LogP contribution is -2.45. The molecule has 0 saturated carbocycles. The average molecular weight is 260 g/mol. The van der Waals surface area contributed by atoms with E-state index in [2.05, 4.69) is 17.5 Å². The molecule has 102 valence electrons. The zero-order chi connectivity index (χ0) is 13.2. The summed E-state index contributed by atoms with van der Waals surface area (Å²) in [6.07, 6.45) is 10.1. The highest BCUT2D eigenvalue weighted by molar-refractivity contribution is 5.84. The molecule has 4 heteroatoms. The maximum absolute atomic E-state index is 12.7.